The highest BCUT2D eigenvalue weighted by Crippen LogP contribution is 2.24. The number of hydrogen-bond acceptors (Lipinski definition) is 2. The van der Waals surface area contributed by atoms with Gasteiger partial charge >= 0.3 is 0 Å². The van der Waals surface area contributed by atoms with Crippen LogP contribution in [-0.4, -0.2) is 25.2 Å². The van der Waals surface area contributed by atoms with E-state index in [0.29, 0.717) is 6.42 Å². The van der Waals surface area contributed by atoms with E-state index in [0.717, 1.165) is 35.9 Å². The Morgan fingerprint density at radius 3 is 2.80 bits per heavy atom. The number of amides is 1. The molecule has 0 spiro atoms. The van der Waals surface area contributed by atoms with Crippen LogP contribution in [0.4, 0.5) is 14.5 Å². The summed E-state index contributed by atoms with van der Waals surface area (Å²) in [6.45, 7) is 2.01. The summed E-state index contributed by atoms with van der Waals surface area (Å²) < 4.78 is 32.3. The van der Waals surface area contributed by atoms with E-state index in [1.807, 2.05) is 6.92 Å². The predicted octanol–water partition coefficient (Wildman–Crippen LogP) is 3.28. The molecule has 0 N–H and O–H groups in total. The molecule has 0 bridgehead atoms. The number of carbonyl (C=O) groups is 1. The highest BCUT2D eigenvalue weighted by molar-refractivity contribution is 5.92. The van der Waals surface area contributed by atoms with E-state index in [2.05, 4.69) is 0 Å². The van der Waals surface area contributed by atoms with Gasteiger partial charge in [0.1, 0.15) is 11.6 Å². The summed E-state index contributed by atoms with van der Waals surface area (Å²) in [5, 5.41) is 0. The van der Waals surface area contributed by atoms with Gasteiger partial charge in [0.05, 0.1) is 17.9 Å². The number of carbonyl (C=O) groups excluding carboxylic acids is 1. The van der Waals surface area contributed by atoms with E-state index < -0.39 is 11.6 Å². The highest BCUT2D eigenvalue weighted by Gasteiger charge is 2.23. The largest absolute Gasteiger partial charge is 0.375 e. The molecule has 1 heterocycles. The van der Waals surface area contributed by atoms with Crippen LogP contribution in [-0.2, 0) is 9.53 Å². The van der Waals surface area contributed by atoms with Gasteiger partial charge in [-0.2, -0.15) is 0 Å². The lowest BCUT2D eigenvalue weighted by molar-refractivity contribution is -0.119. The fourth-order valence-electron chi connectivity index (χ4n) is 2.43. The van der Waals surface area contributed by atoms with Crippen LogP contribution in [0.25, 0.3) is 0 Å². The summed E-state index contributed by atoms with van der Waals surface area (Å²) in [7, 11) is 1.46. The van der Waals surface area contributed by atoms with Crippen molar-refractivity contribution in [3.8, 4) is 0 Å². The molecule has 1 saturated heterocycles. The first-order chi connectivity index (χ1) is 9.47. The Kier molecular flexibility index (Phi) is 4.70. The number of nitrogens with zero attached hydrogens (tertiary/aromatic N) is 1. The number of hydrogen-bond donors (Lipinski definition) is 0. The molecule has 20 heavy (non-hydrogen) atoms. The molecule has 0 unspecified atom stereocenters. The Balaban J connectivity index is 1.93. The molecular weight excluding hydrogens is 264 g/mol. The number of halogens is 2. The lowest BCUT2D eigenvalue weighted by Gasteiger charge is -2.19. The number of ether oxygens (including phenoxy) is 1. The molecule has 0 aliphatic carbocycles. The SMILES string of the molecule is C[C@@H]1CC[C@@H](CCC(=O)N(C)c2cc(F)ccc2F)O1. The van der Waals surface area contributed by atoms with Gasteiger partial charge in [0.25, 0.3) is 0 Å². The summed E-state index contributed by atoms with van der Waals surface area (Å²) in [5.41, 5.74) is -0.0318. The van der Waals surface area contributed by atoms with Crippen LogP contribution in [0.1, 0.15) is 32.6 Å². The number of anilines is 1. The van der Waals surface area contributed by atoms with Crippen LogP contribution in [0.3, 0.4) is 0 Å². The summed E-state index contributed by atoms with van der Waals surface area (Å²) in [6.07, 6.45) is 3.18. The third-order valence-corrected chi connectivity index (χ3v) is 3.64. The summed E-state index contributed by atoms with van der Waals surface area (Å²) in [5.74, 6) is -1.40. The summed E-state index contributed by atoms with van der Waals surface area (Å²) >= 11 is 0. The van der Waals surface area contributed by atoms with Gasteiger partial charge in [-0.15, -0.1) is 0 Å². The van der Waals surface area contributed by atoms with Gasteiger partial charge in [0.2, 0.25) is 5.91 Å². The van der Waals surface area contributed by atoms with E-state index >= 15 is 0 Å². The Morgan fingerprint density at radius 2 is 2.15 bits per heavy atom. The van der Waals surface area contributed by atoms with E-state index in [4.69, 9.17) is 4.74 Å². The van der Waals surface area contributed by atoms with Crippen molar-refractivity contribution in [2.45, 2.75) is 44.8 Å². The van der Waals surface area contributed by atoms with Gasteiger partial charge in [-0.25, -0.2) is 8.78 Å². The van der Waals surface area contributed by atoms with E-state index in [9.17, 15) is 13.6 Å². The van der Waals surface area contributed by atoms with Crippen molar-refractivity contribution < 1.29 is 18.3 Å². The van der Waals surface area contributed by atoms with Crippen molar-refractivity contribution in [2.75, 3.05) is 11.9 Å². The van der Waals surface area contributed by atoms with Crippen molar-refractivity contribution in [3.05, 3.63) is 29.8 Å². The normalized spacial score (nSPS) is 22.0. The lowest BCUT2D eigenvalue weighted by Crippen LogP contribution is -2.28. The molecule has 0 aromatic heterocycles. The van der Waals surface area contributed by atoms with Crippen LogP contribution in [0.5, 0.6) is 0 Å². The fourth-order valence-corrected chi connectivity index (χ4v) is 2.43. The van der Waals surface area contributed by atoms with Gasteiger partial charge < -0.3 is 9.64 Å². The number of benzene rings is 1. The van der Waals surface area contributed by atoms with Gasteiger partial charge in [-0.05, 0) is 38.3 Å². The van der Waals surface area contributed by atoms with Crippen molar-refractivity contribution >= 4 is 11.6 Å². The van der Waals surface area contributed by atoms with Crippen LogP contribution in [0, 0.1) is 11.6 Å². The molecule has 1 fully saturated rings. The average Bonchev–Trinajstić information content (AvgIpc) is 2.83. The molecule has 0 radical (unpaired) electrons. The smallest absolute Gasteiger partial charge is 0.226 e. The Bertz CT molecular complexity index is 493. The van der Waals surface area contributed by atoms with E-state index in [1.165, 1.54) is 7.05 Å². The fraction of sp³-hybridized carbons (Fsp3) is 0.533. The lowest BCUT2D eigenvalue weighted by atomic mass is 10.1. The molecule has 1 aromatic carbocycles. The Hall–Kier alpha value is -1.49. The standard InChI is InChI=1S/C15H19F2NO2/c1-10-3-5-12(20-10)6-8-15(19)18(2)14-9-11(16)4-7-13(14)17/h4,7,9-10,12H,3,5-6,8H2,1-2H3/t10-,12+/m1/s1. The van der Waals surface area contributed by atoms with E-state index in [-0.39, 0.29) is 30.2 Å². The zero-order valence-electron chi connectivity index (χ0n) is 11.7. The molecule has 1 aliphatic heterocycles. The van der Waals surface area contributed by atoms with Gasteiger partial charge in [0.15, 0.2) is 0 Å². The maximum absolute atomic E-state index is 13.6. The minimum Gasteiger partial charge on any atom is -0.375 e. The van der Waals surface area contributed by atoms with Gasteiger partial charge in [-0.1, -0.05) is 0 Å². The minimum absolute atomic E-state index is 0.0318. The molecule has 1 amide bonds. The van der Waals surface area contributed by atoms with Crippen LogP contribution in [0.15, 0.2) is 18.2 Å². The Labute approximate surface area is 117 Å². The zero-order chi connectivity index (χ0) is 14.7. The number of rotatable bonds is 4. The monoisotopic (exact) mass is 283 g/mol. The summed E-state index contributed by atoms with van der Waals surface area (Å²) in [4.78, 5) is 13.2. The topological polar surface area (TPSA) is 29.5 Å². The quantitative estimate of drug-likeness (QED) is 0.848. The maximum Gasteiger partial charge on any atom is 0.226 e. The predicted molar refractivity (Wildman–Crippen MR) is 72.6 cm³/mol. The zero-order valence-corrected chi connectivity index (χ0v) is 11.7. The third kappa shape index (κ3) is 3.54. The molecule has 110 valence electrons. The average molecular weight is 283 g/mol. The molecule has 0 saturated carbocycles. The highest BCUT2D eigenvalue weighted by atomic mass is 19.1. The third-order valence-electron chi connectivity index (χ3n) is 3.64. The van der Waals surface area contributed by atoms with Crippen LogP contribution >= 0.6 is 0 Å². The molecule has 1 aliphatic rings. The molecule has 2 rings (SSSR count). The Morgan fingerprint density at radius 1 is 1.40 bits per heavy atom. The first-order valence-electron chi connectivity index (χ1n) is 6.84. The van der Waals surface area contributed by atoms with Gasteiger partial charge in [-0.3, -0.25) is 4.79 Å². The van der Waals surface area contributed by atoms with Crippen molar-refractivity contribution in [2.24, 2.45) is 0 Å². The van der Waals surface area contributed by atoms with Crippen molar-refractivity contribution in [1.29, 1.82) is 0 Å². The van der Waals surface area contributed by atoms with Crippen LogP contribution < -0.4 is 4.90 Å². The maximum atomic E-state index is 13.6. The molecule has 5 heteroatoms. The van der Waals surface area contributed by atoms with Gasteiger partial charge in [0, 0.05) is 19.5 Å². The first kappa shape index (κ1) is 14.9. The second kappa shape index (κ2) is 6.31. The second-order valence-corrected chi connectivity index (χ2v) is 5.23. The second-order valence-electron chi connectivity index (χ2n) is 5.23. The first-order valence-corrected chi connectivity index (χ1v) is 6.84. The summed E-state index contributed by atoms with van der Waals surface area (Å²) in [6, 6.07) is 3.09. The molecule has 3 nitrogen and oxygen atoms in total. The molecular formula is C15H19F2NO2. The molecule has 2 atom stereocenters. The minimum atomic E-state index is -0.604. The van der Waals surface area contributed by atoms with E-state index in [1.54, 1.807) is 0 Å². The van der Waals surface area contributed by atoms with Crippen molar-refractivity contribution in [3.63, 3.8) is 0 Å². The molecule has 1 aromatic rings. The van der Waals surface area contributed by atoms with Crippen LogP contribution in [0.2, 0.25) is 0 Å². The van der Waals surface area contributed by atoms with Crippen molar-refractivity contribution in [1.82, 2.24) is 0 Å².